The topological polar surface area (TPSA) is 51.3 Å². The fourth-order valence-corrected chi connectivity index (χ4v) is 3.45. The second kappa shape index (κ2) is 6.38. The van der Waals surface area contributed by atoms with Crippen LogP contribution in [0.4, 0.5) is 0 Å². The number of aromatic nitrogens is 1. The van der Waals surface area contributed by atoms with Crippen LogP contribution in [0.1, 0.15) is 34.6 Å². The molecule has 1 saturated heterocycles. The molecule has 0 aliphatic carbocycles. The average molecular weight is 332 g/mol. The van der Waals surface area contributed by atoms with Gasteiger partial charge in [-0.15, -0.1) is 0 Å². The van der Waals surface area contributed by atoms with E-state index in [4.69, 9.17) is 17.3 Å². The van der Waals surface area contributed by atoms with E-state index in [-0.39, 0.29) is 11.9 Å². The van der Waals surface area contributed by atoms with Crippen LogP contribution in [-0.4, -0.2) is 34.5 Å². The van der Waals surface area contributed by atoms with Gasteiger partial charge in [-0.1, -0.05) is 17.7 Å². The minimum atomic E-state index is 0.0956. The number of rotatable bonds is 2. The second-order valence-corrected chi connectivity index (χ2v) is 6.67. The van der Waals surface area contributed by atoms with Crippen LogP contribution < -0.4 is 5.73 Å². The normalized spacial score (nSPS) is 15.9. The molecule has 1 aromatic heterocycles. The molecule has 23 heavy (non-hydrogen) atoms. The molecule has 4 nitrogen and oxygen atoms in total. The van der Waals surface area contributed by atoms with E-state index in [1.807, 2.05) is 49.1 Å². The van der Waals surface area contributed by atoms with E-state index >= 15 is 0 Å². The maximum absolute atomic E-state index is 12.8. The van der Waals surface area contributed by atoms with Crippen molar-refractivity contribution in [2.24, 2.45) is 5.73 Å². The summed E-state index contributed by atoms with van der Waals surface area (Å²) in [6.45, 7) is 5.47. The minimum absolute atomic E-state index is 0.0956. The summed E-state index contributed by atoms with van der Waals surface area (Å²) in [6.07, 6.45) is 1.75. The Bertz CT molecular complexity index is 730. The highest BCUT2D eigenvalue weighted by Gasteiger charge is 2.25. The third-order valence-corrected chi connectivity index (χ3v) is 4.79. The standard InChI is InChI=1S/C18H22ClN3O/c1-12-10-17(18(23)21-8-6-15(20)7-9-21)13(2)22(12)16-5-3-4-14(19)11-16/h3-5,10-11,15H,6-9,20H2,1-2H3. The van der Waals surface area contributed by atoms with Crippen LogP contribution in [0.15, 0.2) is 30.3 Å². The van der Waals surface area contributed by atoms with Crippen molar-refractivity contribution in [1.82, 2.24) is 9.47 Å². The highest BCUT2D eigenvalue weighted by Crippen LogP contribution is 2.24. The zero-order chi connectivity index (χ0) is 16.6. The number of hydrogen-bond acceptors (Lipinski definition) is 2. The Balaban J connectivity index is 1.93. The Kier molecular flexibility index (Phi) is 4.46. The summed E-state index contributed by atoms with van der Waals surface area (Å²) < 4.78 is 2.08. The molecule has 3 rings (SSSR count). The molecular formula is C18H22ClN3O. The lowest BCUT2D eigenvalue weighted by atomic mass is 10.1. The molecule has 1 aliphatic heterocycles. The molecule has 5 heteroatoms. The van der Waals surface area contributed by atoms with Gasteiger partial charge in [-0.25, -0.2) is 0 Å². The number of halogens is 1. The van der Waals surface area contributed by atoms with E-state index in [0.29, 0.717) is 5.02 Å². The molecule has 122 valence electrons. The van der Waals surface area contributed by atoms with Crippen LogP contribution in [0.2, 0.25) is 5.02 Å². The van der Waals surface area contributed by atoms with Crippen LogP contribution >= 0.6 is 11.6 Å². The highest BCUT2D eigenvalue weighted by molar-refractivity contribution is 6.30. The fourth-order valence-electron chi connectivity index (χ4n) is 3.26. The van der Waals surface area contributed by atoms with E-state index in [1.54, 1.807) is 0 Å². The Morgan fingerprint density at radius 1 is 1.22 bits per heavy atom. The average Bonchev–Trinajstić information content (AvgIpc) is 2.82. The quantitative estimate of drug-likeness (QED) is 0.917. The predicted octanol–water partition coefficient (Wildman–Crippen LogP) is 3.31. The molecule has 0 bridgehead atoms. The number of carbonyl (C=O) groups is 1. The largest absolute Gasteiger partial charge is 0.338 e. The first-order chi connectivity index (χ1) is 11.0. The van der Waals surface area contributed by atoms with E-state index in [2.05, 4.69) is 4.57 Å². The highest BCUT2D eigenvalue weighted by atomic mass is 35.5. The van der Waals surface area contributed by atoms with Gasteiger partial charge < -0.3 is 15.2 Å². The molecule has 2 aromatic rings. The number of aryl methyl sites for hydroxylation is 1. The lowest BCUT2D eigenvalue weighted by Gasteiger charge is -2.30. The zero-order valence-corrected chi connectivity index (χ0v) is 14.3. The zero-order valence-electron chi connectivity index (χ0n) is 13.6. The summed E-state index contributed by atoms with van der Waals surface area (Å²) in [6, 6.07) is 9.87. The number of benzene rings is 1. The predicted molar refractivity (Wildman–Crippen MR) is 93.4 cm³/mol. The molecule has 0 spiro atoms. The summed E-state index contributed by atoms with van der Waals surface area (Å²) in [4.78, 5) is 14.7. The molecule has 1 fully saturated rings. The van der Waals surface area contributed by atoms with Gasteiger partial charge in [0.05, 0.1) is 5.56 Å². The first kappa shape index (κ1) is 16.1. The number of likely N-dealkylation sites (tertiary alicyclic amines) is 1. The third kappa shape index (κ3) is 3.14. The van der Waals surface area contributed by atoms with Crippen LogP contribution in [0, 0.1) is 13.8 Å². The van der Waals surface area contributed by atoms with Crippen molar-refractivity contribution >= 4 is 17.5 Å². The second-order valence-electron chi connectivity index (χ2n) is 6.23. The van der Waals surface area contributed by atoms with Crippen molar-refractivity contribution in [3.05, 3.63) is 52.3 Å². The van der Waals surface area contributed by atoms with Crippen molar-refractivity contribution in [2.45, 2.75) is 32.7 Å². The maximum atomic E-state index is 12.8. The SMILES string of the molecule is Cc1cc(C(=O)N2CCC(N)CC2)c(C)n1-c1cccc(Cl)c1. The Morgan fingerprint density at radius 2 is 1.91 bits per heavy atom. The molecule has 0 saturated carbocycles. The van der Waals surface area contributed by atoms with Gasteiger partial charge in [0.15, 0.2) is 0 Å². The van der Waals surface area contributed by atoms with E-state index in [9.17, 15) is 4.79 Å². The Labute approximate surface area is 141 Å². The Morgan fingerprint density at radius 3 is 2.57 bits per heavy atom. The van der Waals surface area contributed by atoms with E-state index in [0.717, 1.165) is 48.6 Å². The van der Waals surface area contributed by atoms with Crippen molar-refractivity contribution in [3.8, 4) is 5.69 Å². The molecular weight excluding hydrogens is 310 g/mol. The number of amides is 1. The van der Waals surface area contributed by atoms with Gasteiger partial charge in [0, 0.05) is 41.2 Å². The van der Waals surface area contributed by atoms with Gasteiger partial charge >= 0.3 is 0 Å². The number of piperidine rings is 1. The van der Waals surface area contributed by atoms with Crippen LogP contribution in [0.3, 0.4) is 0 Å². The Hall–Kier alpha value is -1.78. The van der Waals surface area contributed by atoms with Gasteiger partial charge in [-0.3, -0.25) is 4.79 Å². The number of nitrogens with zero attached hydrogens (tertiary/aromatic N) is 2. The summed E-state index contributed by atoms with van der Waals surface area (Å²) >= 11 is 6.10. The van der Waals surface area contributed by atoms with Crippen LogP contribution in [0.25, 0.3) is 5.69 Å². The van der Waals surface area contributed by atoms with Crippen molar-refractivity contribution in [3.63, 3.8) is 0 Å². The van der Waals surface area contributed by atoms with Gasteiger partial charge in [0.2, 0.25) is 0 Å². The molecule has 0 atom stereocenters. The van der Waals surface area contributed by atoms with E-state index < -0.39 is 0 Å². The first-order valence-electron chi connectivity index (χ1n) is 7.97. The molecule has 1 amide bonds. The summed E-state index contributed by atoms with van der Waals surface area (Å²) in [5, 5.41) is 0.688. The maximum Gasteiger partial charge on any atom is 0.255 e. The van der Waals surface area contributed by atoms with Crippen molar-refractivity contribution < 1.29 is 4.79 Å². The monoisotopic (exact) mass is 331 g/mol. The van der Waals surface area contributed by atoms with Gasteiger partial charge in [-0.2, -0.15) is 0 Å². The van der Waals surface area contributed by atoms with Crippen LogP contribution in [-0.2, 0) is 0 Å². The smallest absolute Gasteiger partial charge is 0.255 e. The van der Waals surface area contributed by atoms with Gasteiger partial charge in [0.1, 0.15) is 0 Å². The number of nitrogens with two attached hydrogens (primary N) is 1. The van der Waals surface area contributed by atoms with Gasteiger partial charge in [0.25, 0.3) is 5.91 Å². The van der Waals surface area contributed by atoms with Crippen LogP contribution in [0.5, 0.6) is 0 Å². The summed E-state index contributed by atoms with van der Waals surface area (Å²) in [5.41, 5.74) is 9.65. The lowest BCUT2D eigenvalue weighted by Crippen LogP contribution is -2.42. The molecule has 1 aromatic carbocycles. The fraction of sp³-hybridized carbons (Fsp3) is 0.389. The third-order valence-electron chi connectivity index (χ3n) is 4.55. The summed E-state index contributed by atoms with van der Waals surface area (Å²) in [5.74, 6) is 0.0956. The lowest BCUT2D eigenvalue weighted by molar-refractivity contribution is 0.0714. The molecule has 1 aliphatic rings. The molecule has 2 heterocycles. The number of hydrogen-bond donors (Lipinski definition) is 1. The van der Waals surface area contributed by atoms with Gasteiger partial charge in [-0.05, 0) is 51.0 Å². The first-order valence-corrected chi connectivity index (χ1v) is 8.35. The number of carbonyl (C=O) groups excluding carboxylic acids is 1. The minimum Gasteiger partial charge on any atom is -0.338 e. The summed E-state index contributed by atoms with van der Waals surface area (Å²) in [7, 11) is 0. The van der Waals surface area contributed by atoms with E-state index in [1.165, 1.54) is 0 Å². The van der Waals surface area contributed by atoms with Crippen molar-refractivity contribution in [1.29, 1.82) is 0 Å². The molecule has 2 N–H and O–H groups in total. The molecule has 0 unspecified atom stereocenters. The molecule has 0 radical (unpaired) electrons. The van der Waals surface area contributed by atoms with Crippen molar-refractivity contribution in [2.75, 3.05) is 13.1 Å².